The number of allylic oxidation sites excluding steroid dienone is 4. The molecule has 2 bridgehead atoms. The molecule has 0 aromatic heterocycles. The number of aliphatic hydroxyl groups is 4. The first-order valence-corrected chi connectivity index (χ1v) is 24.1. The molecule has 1 amide bonds. The summed E-state index contributed by atoms with van der Waals surface area (Å²) in [5.41, 5.74) is 13.6. The van der Waals surface area contributed by atoms with Gasteiger partial charge in [-0.05, 0) is 101 Å². The Morgan fingerprint density at radius 1 is 0.896 bits per heavy atom. The molecule has 17 nitrogen and oxygen atoms in total. The van der Waals surface area contributed by atoms with Crippen molar-refractivity contribution < 1.29 is 68.1 Å². The van der Waals surface area contributed by atoms with Crippen molar-refractivity contribution in [1.29, 1.82) is 0 Å². The standard InChI is InChI=1S/C50H79N3O14/c1-29-13-9-8-10-14-35(51)24-31(3)44(57)46(64-7)45(58)32(4)25-37(52)40(56)28-42(30(2)23-34-17-19-41(65-22-21-54)43(26-34)63-6)66-49(61)38-15-11-12-20-53(38)48(60)47(59)50(62)33(5)16-18-36(67-50)27-39(29)55/h8-10,13-14,25,30-31,33-39,41-43,45-46,54-55,58,62H,11-12,15-24,26-28,51-52H2,1-7H3/b9-8+,14-10+,29-13+,32-25+/t30-,31+,33+,34+,35+,36-,37+,38-,39-,41+,42-,43+,45+,46-,50+/m0/s1. The number of fused-ring (bicyclic) bond motifs is 3. The lowest BCUT2D eigenvalue weighted by Gasteiger charge is -2.42. The molecule has 1 aliphatic carbocycles. The molecule has 8 N–H and O–H groups in total. The summed E-state index contributed by atoms with van der Waals surface area (Å²) >= 11 is 0. The van der Waals surface area contributed by atoms with E-state index in [1.165, 1.54) is 20.1 Å². The quantitative estimate of drug-likeness (QED) is 0.116. The Bertz CT molecular complexity index is 1800. The maximum Gasteiger partial charge on any atom is 0.329 e. The molecule has 3 aliphatic heterocycles. The molecule has 15 atom stereocenters. The number of esters is 1. The summed E-state index contributed by atoms with van der Waals surface area (Å²) < 4.78 is 29.3. The lowest BCUT2D eigenvalue weighted by Crippen LogP contribution is -2.61. The van der Waals surface area contributed by atoms with Crippen molar-refractivity contribution in [3.63, 3.8) is 0 Å². The fraction of sp³-hybridized carbons (Fsp3) is 0.740. The Kier molecular flexibility index (Phi) is 22.2. The van der Waals surface area contributed by atoms with Crippen LogP contribution >= 0.6 is 0 Å². The van der Waals surface area contributed by atoms with Crippen molar-refractivity contribution in [2.75, 3.05) is 34.0 Å². The number of ether oxygens (including phenoxy) is 5. The lowest BCUT2D eigenvalue weighted by atomic mass is 9.78. The van der Waals surface area contributed by atoms with Crippen molar-refractivity contribution in [3.05, 3.63) is 47.6 Å². The maximum atomic E-state index is 14.4. The van der Waals surface area contributed by atoms with Gasteiger partial charge in [0.05, 0.1) is 43.7 Å². The minimum atomic E-state index is -2.51. The molecule has 4 rings (SSSR count). The first kappa shape index (κ1) is 56.1. The minimum absolute atomic E-state index is 0.0374. The van der Waals surface area contributed by atoms with E-state index in [1.54, 1.807) is 58.3 Å². The lowest BCUT2D eigenvalue weighted by molar-refractivity contribution is -0.265. The molecule has 0 spiro atoms. The molecule has 2 saturated heterocycles. The zero-order valence-electron chi connectivity index (χ0n) is 40.6. The van der Waals surface area contributed by atoms with Gasteiger partial charge in [-0.15, -0.1) is 0 Å². The Labute approximate surface area is 396 Å². The third kappa shape index (κ3) is 15.2. The van der Waals surface area contributed by atoms with Crippen molar-refractivity contribution in [1.82, 2.24) is 4.90 Å². The van der Waals surface area contributed by atoms with Gasteiger partial charge in [-0.3, -0.25) is 19.2 Å². The van der Waals surface area contributed by atoms with Gasteiger partial charge < -0.3 is 60.5 Å². The number of nitrogens with two attached hydrogens (primary N) is 2. The predicted molar refractivity (Wildman–Crippen MR) is 249 cm³/mol. The number of amides is 1. The Morgan fingerprint density at radius 2 is 1.63 bits per heavy atom. The SMILES string of the molecule is CO[C@@H]1C[C@@H](C[C@H](C)[C@@H]2CC(=O)[C@H](N)/C=C(\C)[C@@H](O)[C@@H](OC)C(=O)[C@H](C)C[C@H](N)/C=C/C=C/C=C(\C)[C@@H](O)C[C@@H]3CC[C@@H](C)[C@@](O)(O3)C(=O)C(=O)N3CCCC[C@H]3C(=O)O2)CC[C@H]1OCCO. The van der Waals surface area contributed by atoms with Crippen LogP contribution in [0.4, 0.5) is 0 Å². The number of methoxy groups -OCH3 is 2. The van der Waals surface area contributed by atoms with E-state index in [9.17, 15) is 44.4 Å². The first-order valence-electron chi connectivity index (χ1n) is 24.1. The number of carbonyl (C=O) groups is 5. The number of piperidine rings is 1. The van der Waals surface area contributed by atoms with Gasteiger partial charge >= 0.3 is 5.97 Å². The highest BCUT2D eigenvalue weighted by molar-refractivity contribution is 6.39. The number of Topliss-reactive ketones (excluding diaryl/α,β-unsaturated/α-hetero) is 3. The number of cyclic esters (lactones) is 1. The second kappa shape index (κ2) is 26.5. The topological polar surface area (TPSA) is 268 Å². The summed E-state index contributed by atoms with van der Waals surface area (Å²) in [7, 11) is 2.91. The van der Waals surface area contributed by atoms with Gasteiger partial charge in [0.2, 0.25) is 5.79 Å². The molecule has 378 valence electrons. The number of aliphatic hydroxyl groups excluding tert-OH is 3. The largest absolute Gasteiger partial charge is 0.460 e. The number of carbonyl (C=O) groups excluding carboxylic acids is 5. The zero-order valence-corrected chi connectivity index (χ0v) is 40.6. The van der Waals surface area contributed by atoms with Crippen LogP contribution in [0.25, 0.3) is 0 Å². The molecule has 0 aromatic carbocycles. The fourth-order valence-electron chi connectivity index (χ4n) is 9.87. The number of hydrogen-bond acceptors (Lipinski definition) is 16. The predicted octanol–water partition coefficient (Wildman–Crippen LogP) is 2.93. The smallest absolute Gasteiger partial charge is 0.329 e. The van der Waals surface area contributed by atoms with Crippen LogP contribution < -0.4 is 11.5 Å². The van der Waals surface area contributed by atoms with Crippen molar-refractivity contribution in [2.45, 2.75) is 178 Å². The summed E-state index contributed by atoms with van der Waals surface area (Å²) in [5, 5.41) is 43.6. The van der Waals surface area contributed by atoms with Crippen LogP contribution in [0.15, 0.2) is 47.6 Å². The van der Waals surface area contributed by atoms with Gasteiger partial charge in [-0.1, -0.05) is 57.2 Å². The van der Waals surface area contributed by atoms with Crippen LogP contribution in [0.3, 0.4) is 0 Å². The zero-order chi connectivity index (χ0) is 49.6. The summed E-state index contributed by atoms with van der Waals surface area (Å²) in [5.74, 6) is -8.25. The number of ketones is 3. The van der Waals surface area contributed by atoms with Crippen LogP contribution in [-0.4, -0.2) is 155 Å². The summed E-state index contributed by atoms with van der Waals surface area (Å²) in [6.07, 6.45) is 8.40. The van der Waals surface area contributed by atoms with Crippen LogP contribution in [0.5, 0.6) is 0 Å². The molecule has 0 radical (unpaired) electrons. The van der Waals surface area contributed by atoms with E-state index >= 15 is 0 Å². The molecule has 0 unspecified atom stereocenters. The van der Waals surface area contributed by atoms with Crippen molar-refractivity contribution in [2.24, 2.45) is 35.1 Å². The van der Waals surface area contributed by atoms with Gasteiger partial charge in [0.25, 0.3) is 11.7 Å². The van der Waals surface area contributed by atoms with Gasteiger partial charge in [0.1, 0.15) is 24.4 Å². The Morgan fingerprint density at radius 3 is 2.31 bits per heavy atom. The number of rotatable bonds is 8. The molecule has 67 heavy (non-hydrogen) atoms. The molecule has 0 aromatic rings. The highest BCUT2D eigenvalue weighted by atomic mass is 16.6. The summed E-state index contributed by atoms with van der Waals surface area (Å²) in [4.78, 5) is 71.5. The van der Waals surface area contributed by atoms with Crippen LogP contribution in [0.1, 0.15) is 112 Å². The minimum Gasteiger partial charge on any atom is -0.460 e. The van der Waals surface area contributed by atoms with E-state index in [0.29, 0.717) is 50.5 Å². The molecule has 4 aliphatic rings. The second-order valence-corrected chi connectivity index (χ2v) is 19.4. The van der Waals surface area contributed by atoms with E-state index < -0.39 is 101 Å². The van der Waals surface area contributed by atoms with Gasteiger partial charge in [-0.2, -0.15) is 0 Å². The third-order valence-electron chi connectivity index (χ3n) is 14.2. The van der Waals surface area contributed by atoms with E-state index in [-0.39, 0.29) is 69.1 Å². The monoisotopic (exact) mass is 946 g/mol. The van der Waals surface area contributed by atoms with E-state index in [4.69, 9.17) is 35.2 Å². The van der Waals surface area contributed by atoms with E-state index in [2.05, 4.69) is 0 Å². The second-order valence-electron chi connectivity index (χ2n) is 19.4. The average Bonchev–Trinajstić information content (AvgIpc) is 3.30. The Hall–Kier alpha value is -3.49. The maximum absolute atomic E-state index is 14.4. The van der Waals surface area contributed by atoms with Crippen molar-refractivity contribution >= 4 is 29.2 Å². The third-order valence-corrected chi connectivity index (χ3v) is 14.2. The number of nitrogens with zero attached hydrogens (tertiary/aromatic N) is 1. The molecule has 1 saturated carbocycles. The molecular weight excluding hydrogens is 867 g/mol. The van der Waals surface area contributed by atoms with E-state index in [0.717, 1.165) is 11.3 Å². The summed E-state index contributed by atoms with van der Waals surface area (Å²) in [6.45, 7) is 8.55. The molecular formula is C50H79N3O14. The first-order chi connectivity index (χ1) is 31.7. The van der Waals surface area contributed by atoms with Crippen molar-refractivity contribution in [3.8, 4) is 0 Å². The highest BCUT2D eigenvalue weighted by Gasteiger charge is 2.53. The normalized spacial score (nSPS) is 39.6. The Balaban J connectivity index is 1.68. The van der Waals surface area contributed by atoms with Gasteiger partial charge in [0, 0.05) is 51.5 Å². The highest BCUT2D eigenvalue weighted by Crippen LogP contribution is 2.37. The molecule has 17 heteroatoms. The molecule has 3 fully saturated rings. The van der Waals surface area contributed by atoms with Gasteiger partial charge in [0.15, 0.2) is 11.6 Å². The average molecular weight is 946 g/mol. The van der Waals surface area contributed by atoms with E-state index in [1.807, 2.05) is 6.92 Å². The van der Waals surface area contributed by atoms with Crippen LogP contribution in [0, 0.1) is 23.7 Å². The fourth-order valence-corrected chi connectivity index (χ4v) is 9.87. The van der Waals surface area contributed by atoms with Crippen LogP contribution in [0.2, 0.25) is 0 Å². The van der Waals surface area contributed by atoms with Crippen LogP contribution in [-0.2, 0) is 47.7 Å². The molecule has 3 heterocycles. The van der Waals surface area contributed by atoms with Gasteiger partial charge in [-0.25, -0.2) is 4.79 Å². The summed E-state index contributed by atoms with van der Waals surface area (Å²) in [6, 6.07) is -3.01. The number of hydrogen-bond donors (Lipinski definition) is 6.